The van der Waals surface area contributed by atoms with E-state index in [-0.39, 0.29) is 0 Å². The molecule has 0 bridgehead atoms. The summed E-state index contributed by atoms with van der Waals surface area (Å²) in [5.41, 5.74) is 0. The maximum Gasteiger partial charge on any atom is 0.225 e. The van der Waals surface area contributed by atoms with Crippen LogP contribution in [0.25, 0.3) is 0 Å². The number of carbonyl (C=O) groups is 1. The molecule has 0 aromatic heterocycles. The van der Waals surface area contributed by atoms with Gasteiger partial charge in [-0.05, 0) is 19.8 Å². The second kappa shape index (κ2) is 3.52. The van der Waals surface area contributed by atoms with Crippen molar-refractivity contribution < 1.29 is 4.79 Å². The molecule has 1 heterocycles. The summed E-state index contributed by atoms with van der Waals surface area (Å²) in [6.07, 6.45) is 2.26. The summed E-state index contributed by atoms with van der Waals surface area (Å²) >= 11 is 1.99. The first-order chi connectivity index (χ1) is 6.20. The topological polar surface area (TPSA) is 20.3 Å². The molecule has 1 saturated heterocycles. The Balaban J connectivity index is 1.99. The zero-order chi connectivity index (χ0) is 9.42. The van der Waals surface area contributed by atoms with Crippen LogP contribution in [0.5, 0.6) is 0 Å². The van der Waals surface area contributed by atoms with E-state index in [1.54, 1.807) is 0 Å². The Hall–Kier alpha value is -0.180. The summed E-state index contributed by atoms with van der Waals surface area (Å²) in [6, 6.07) is 0.437. The van der Waals surface area contributed by atoms with Crippen molar-refractivity contribution in [2.75, 3.05) is 12.3 Å². The lowest BCUT2D eigenvalue weighted by Gasteiger charge is -2.37. The summed E-state index contributed by atoms with van der Waals surface area (Å²) in [5.74, 6) is 1.92. The zero-order valence-electron chi connectivity index (χ0n) is 8.32. The van der Waals surface area contributed by atoms with Gasteiger partial charge in [-0.3, -0.25) is 4.79 Å². The number of hydrogen-bond acceptors (Lipinski definition) is 2. The molecule has 2 atom stereocenters. The molecule has 1 aliphatic carbocycles. The lowest BCUT2D eigenvalue weighted by molar-refractivity contribution is -0.134. The predicted molar refractivity (Wildman–Crippen MR) is 55.8 cm³/mol. The fourth-order valence-corrected chi connectivity index (χ4v) is 2.91. The molecule has 1 aliphatic heterocycles. The van der Waals surface area contributed by atoms with Crippen molar-refractivity contribution in [2.24, 2.45) is 5.92 Å². The summed E-state index contributed by atoms with van der Waals surface area (Å²) in [5, 5.41) is 0.608. The van der Waals surface area contributed by atoms with Crippen molar-refractivity contribution >= 4 is 17.7 Å². The van der Waals surface area contributed by atoms with Gasteiger partial charge in [-0.15, -0.1) is 0 Å². The van der Waals surface area contributed by atoms with Gasteiger partial charge in [-0.1, -0.05) is 6.92 Å². The van der Waals surface area contributed by atoms with Crippen LogP contribution in [-0.4, -0.2) is 34.4 Å². The molecule has 0 aromatic rings. The first kappa shape index (κ1) is 9.38. The van der Waals surface area contributed by atoms with E-state index in [0.717, 1.165) is 25.1 Å². The highest BCUT2D eigenvalue weighted by Crippen LogP contribution is 2.34. The van der Waals surface area contributed by atoms with Crippen LogP contribution in [0, 0.1) is 5.92 Å². The molecule has 0 radical (unpaired) electrons. The summed E-state index contributed by atoms with van der Waals surface area (Å²) < 4.78 is 0. The van der Waals surface area contributed by atoms with Crippen LogP contribution < -0.4 is 0 Å². The molecule has 2 fully saturated rings. The maximum atomic E-state index is 11.8. The highest BCUT2D eigenvalue weighted by molar-refractivity contribution is 8.00. The molecule has 13 heavy (non-hydrogen) atoms. The molecular formula is C10H17NOS. The van der Waals surface area contributed by atoms with Crippen molar-refractivity contribution in [3.8, 4) is 0 Å². The van der Waals surface area contributed by atoms with Gasteiger partial charge in [-0.25, -0.2) is 0 Å². The third-order valence-electron chi connectivity index (χ3n) is 3.09. The minimum absolute atomic E-state index is 0.387. The number of hydrogen-bond donors (Lipinski definition) is 0. The smallest absolute Gasteiger partial charge is 0.225 e. The Morgan fingerprint density at radius 2 is 2.08 bits per heavy atom. The Labute approximate surface area is 84.1 Å². The second-order valence-corrected chi connectivity index (χ2v) is 5.61. The van der Waals surface area contributed by atoms with Gasteiger partial charge in [0.2, 0.25) is 5.91 Å². The molecule has 74 valence electrons. The van der Waals surface area contributed by atoms with Crippen LogP contribution in [0.15, 0.2) is 0 Å². The normalized spacial score (nSPS) is 34.8. The molecule has 1 saturated carbocycles. The average Bonchev–Trinajstić information content (AvgIpc) is 2.91. The summed E-state index contributed by atoms with van der Waals surface area (Å²) in [4.78, 5) is 13.9. The molecule has 3 heteroatoms. The van der Waals surface area contributed by atoms with Gasteiger partial charge in [-0.2, -0.15) is 11.8 Å². The quantitative estimate of drug-likeness (QED) is 0.641. The fraction of sp³-hybridized carbons (Fsp3) is 0.900. The SMILES string of the molecule is CC1SCCN(C(=O)C2CC2)C1C. The number of amides is 1. The molecule has 2 aliphatic rings. The third-order valence-corrected chi connectivity index (χ3v) is 4.43. The van der Waals surface area contributed by atoms with E-state index in [1.807, 2.05) is 11.8 Å². The molecule has 2 unspecified atom stereocenters. The number of thioether (sulfide) groups is 1. The number of rotatable bonds is 1. The van der Waals surface area contributed by atoms with Crippen molar-refractivity contribution in [3.05, 3.63) is 0 Å². The second-order valence-electron chi connectivity index (χ2n) is 4.12. The van der Waals surface area contributed by atoms with Gasteiger partial charge in [0.15, 0.2) is 0 Å². The van der Waals surface area contributed by atoms with E-state index >= 15 is 0 Å². The lowest BCUT2D eigenvalue weighted by atomic mass is 10.2. The molecular weight excluding hydrogens is 182 g/mol. The first-order valence-corrected chi connectivity index (χ1v) is 6.17. The summed E-state index contributed by atoms with van der Waals surface area (Å²) in [7, 11) is 0. The third kappa shape index (κ3) is 1.85. The van der Waals surface area contributed by atoms with E-state index in [1.165, 1.54) is 0 Å². The molecule has 1 amide bonds. The van der Waals surface area contributed by atoms with Gasteiger partial charge in [0, 0.05) is 29.5 Å². The Kier molecular flexibility index (Phi) is 2.54. The Bertz CT molecular complexity index is 215. The average molecular weight is 199 g/mol. The van der Waals surface area contributed by atoms with Crippen molar-refractivity contribution in [1.29, 1.82) is 0 Å². The van der Waals surface area contributed by atoms with E-state index in [2.05, 4.69) is 18.7 Å². The highest BCUT2D eigenvalue weighted by atomic mass is 32.2. The van der Waals surface area contributed by atoms with Crippen LogP contribution in [0.1, 0.15) is 26.7 Å². The van der Waals surface area contributed by atoms with Crippen LogP contribution >= 0.6 is 11.8 Å². The maximum absolute atomic E-state index is 11.8. The minimum Gasteiger partial charge on any atom is -0.338 e. The van der Waals surface area contributed by atoms with Crippen LogP contribution in [0.3, 0.4) is 0 Å². The first-order valence-electron chi connectivity index (χ1n) is 5.12. The van der Waals surface area contributed by atoms with E-state index in [4.69, 9.17) is 0 Å². The van der Waals surface area contributed by atoms with Crippen molar-refractivity contribution in [1.82, 2.24) is 4.90 Å². The molecule has 0 spiro atoms. The van der Waals surface area contributed by atoms with E-state index in [9.17, 15) is 4.79 Å². The van der Waals surface area contributed by atoms with Crippen molar-refractivity contribution in [3.63, 3.8) is 0 Å². The number of nitrogens with zero attached hydrogens (tertiary/aromatic N) is 1. The van der Waals surface area contributed by atoms with Gasteiger partial charge in [0.1, 0.15) is 0 Å². The monoisotopic (exact) mass is 199 g/mol. The molecule has 2 nitrogen and oxygen atoms in total. The van der Waals surface area contributed by atoms with Gasteiger partial charge in [0.25, 0.3) is 0 Å². The largest absolute Gasteiger partial charge is 0.338 e. The van der Waals surface area contributed by atoms with Crippen LogP contribution in [0.4, 0.5) is 0 Å². The predicted octanol–water partition coefficient (Wildman–Crippen LogP) is 1.75. The summed E-state index contributed by atoms with van der Waals surface area (Å²) in [6.45, 7) is 5.37. The minimum atomic E-state index is 0.387. The van der Waals surface area contributed by atoms with Gasteiger partial charge in [0.05, 0.1) is 0 Å². The molecule has 0 aromatic carbocycles. The van der Waals surface area contributed by atoms with Crippen molar-refractivity contribution in [2.45, 2.75) is 38.0 Å². The van der Waals surface area contributed by atoms with Gasteiger partial charge < -0.3 is 4.90 Å². The molecule has 0 N–H and O–H groups in total. The highest BCUT2D eigenvalue weighted by Gasteiger charge is 2.37. The number of carbonyl (C=O) groups excluding carboxylic acids is 1. The van der Waals surface area contributed by atoms with Crippen LogP contribution in [0.2, 0.25) is 0 Å². The Morgan fingerprint density at radius 1 is 1.38 bits per heavy atom. The standard InChI is InChI=1S/C10H17NOS/c1-7-8(2)13-6-5-11(7)10(12)9-3-4-9/h7-9H,3-6H2,1-2H3. The Morgan fingerprint density at radius 3 is 2.69 bits per heavy atom. The van der Waals surface area contributed by atoms with Crippen LogP contribution in [-0.2, 0) is 4.79 Å². The molecule has 2 rings (SSSR count). The van der Waals surface area contributed by atoms with E-state index < -0.39 is 0 Å². The van der Waals surface area contributed by atoms with E-state index in [0.29, 0.717) is 23.1 Å². The fourth-order valence-electron chi connectivity index (χ4n) is 1.81. The van der Waals surface area contributed by atoms with Gasteiger partial charge >= 0.3 is 0 Å². The zero-order valence-corrected chi connectivity index (χ0v) is 9.14. The lowest BCUT2D eigenvalue weighted by Crippen LogP contribution is -2.48.